The molecule has 1 atom stereocenters. The lowest BCUT2D eigenvalue weighted by Gasteiger charge is -2.31. The lowest BCUT2D eigenvalue weighted by atomic mass is 9.97. The molecule has 3 amide bonds. The zero-order valence-electron chi connectivity index (χ0n) is 14.8. The predicted octanol–water partition coefficient (Wildman–Crippen LogP) is 3.00. The van der Waals surface area contributed by atoms with Crippen LogP contribution >= 0.6 is 11.3 Å². The summed E-state index contributed by atoms with van der Waals surface area (Å²) in [5, 5.41) is 5.79. The number of nitrogens with zero attached hydrogens (tertiary/aromatic N) is 2. The van der Waals surface area contributed by atoms with E-state index >= 15 is 0 Å². The van der Waals surface area contributed by atoms with Crippen molar-refractivity contribution in [3.8, 4) is 0 Å². The third-order valence-electron chi connectivity index (χ3n) is 4.46. The second-order valence-electron chi connectivity index (χ2n) is 6.39. The van der Waals surface area contributed by atoms with E-state index in [1.807, 2.05) is 0 Å². The van der Waals surface area contributed by atoms with E-state index in [4.69, 9.17) is 0 Å². The number of carbonyl (C=O) groups is 2. The molecule has 0 unspecified atom stereocenters. The third-order valence-corrected chi connectivity index (χ3v) is 5.37. The molecule has 2 heterocycles. The molecule has 3 rings (SSSR count). The minimum absolute atomic E-state index is 0.0597. The maximum atomic E-state index is 13.3. The maximum absolute atomic E-state index is 13.3. The molecule has 0 bridgehead atoms. The van der Waals surface area contributed by atoms with Gasteiger partial charge in [0.2, 0.25) is 5.91 Å². The molecule has 1 saturated heterocycles. The number of halogens is 2. The van der Waals surface area contributed by atoms with Crippen LogP contribution in [0.5, 0.6) is 0 Å². The van der Waals surface area contributed by atoms with Gasteiger partial charge in [-0.3, -0.25) is 10.1 Å². The quantitative estimate of drug-likeness (QED) is 0.837. The summed E-state index contributed by atoms with van der Waals surface area (Å²) < 4.78 is 26.3. The first-order chi connectivity index (χ1) is 13.0. The summed E-state index contributed by atoms with van der Waals surface area (Å²) in [5.41, 5.74) is 0.625. The molecule has 1 aliphatic rings. The van der Waals surface area contributed by atoms with Gasteiger partial charge in [0.15, 0.2) is 16.8 Å². The number of hydrogen-bond donors (Lipinski definition) is 2. The fraction of sp³-hybridized carbons (Fsp3) is 0.389. The van der Waals surface area contributed by atoms with E-state index in [9.17, 15) is 18.4 Å². The molecule has 0 radical (unpaired) electrons. The Morgan fingerprint density at radius 1 is 1.33 bits per heavy atom. The smallest absolute Gasteiger partial charge is 0.323 e. The largest absolute Gasteiger partial charge is 0.359 e. The van der Waals surface area contributed by atoms with Crippen LogP contribution in [0.3, 0.4) is 0 Å². The number of likely N-dealkylation sites (tertiary alicyclic amines) is 1. The van der Waals surface area contributed by atoms with E-state index in [-0.39, 0.29) is 17.9 Å². The Morgan fingerprint density at radius 2 is 2.15 bits per heavy atom. The summed E-state index contributed by atoms with van der Waals surface area (Å²) in [5.74, 6) is -2.03. The monoisotopic (exact) mass is 394 g/mol. The fourth-order valence-electron chi connectivity index (χ4n) is 3.05. The van der Waals surface area contributed by atoms with Gasteiger partial charge in [-0.15, -0.1) is 11.3 Å². The highest BCUT2D eigenvalue weighted by Crippen LogP contribution is 2.23. The summed E-state index contributed by atoms with van der Waals surface area (Å²) in [6.07, 6.45) is 3.53. The van der Waals surface area contributed by atoms with Crippen molar-refractivity contribution in [1.29, 1.82) is 0 Å². The highest BCUT2D eigenvalue weighted by Gasteiger charge is 2.28. The van der Waals surface area contributed by atoms with Gasteiger partial charge in [0.1, 0.15) is 0 Å². The number of urea groups is 1. The van der Waals surface area contributed by atoms with Crippen molar-refractivity contribution in [2.75, 3.05) is 25.5 Å². The minimum Gasteiger partial charge on any atom is -0.359 e. The lowest BCUT2D eigenvalue weighted by molar-refractivity contribution is -0.125. The molecule has 0 spiro atoms. The summed E-state index contributed by atoms with van der Waals surface area (Å²) in [4.78, 5) is 30.8. The van der Waals surface area contributed by atoms with Crippen LogP contribution in [0.4, 0.5) is 18.7 Å². The second-order valence-corrected chi connectivity index (χ2v) is 7.50. The third kappa shape index (κ3) is 4.79. The molecule has 27 heavy (non-hydrogen) atoms. The van der Waals surface area contributed by atoms with Crippen LogP contribution < -0.4 is 10.6 Å². The first kappa shape index (κ1) is 19.2. The molecule has 0 saturated carbocycles. The van der Waals surface area contributed by atoms with Gasteiger partial charge in [-0.25, -0.2) is 18.6 Å². The molecule has 144 valence electrons. The average Bonchev–Trinajstić information content (AvgIpc) is 3.11. The highest BCUT2D eigenvalue weighted by atomic mass is 32.1. The topological polar surface area (TPSA) is 74.3 Å². The number of hydrogen-bond acceptors (Lipinski definition) is 4. The van der Waals surface area contributed by atoms with E-state index in [0.717, 1.165) is 29.9 Å². The number of thiazole rings is 1. The van der Waals surface area contributed by atoms with Crippen molar-refractivity contribution in [3.05, 3.63) is 46.5 Å². The summed E-state index contributed by atoms with van der Waals surface area (Å²) in [6, 6.07) is 3.47. The Labute approximate surface area is 159 Å². The van der Waals surface area contributed by atoms with Gasteiger partial charge in [0.25, 0.3) is 0 Å². The van der Waals surface area contributed by atoms with Gasteiger partial charge in [-0.05, 0) is 30.5 Å². The van der Waals surface area contributed by atoms with Crippen LogP contribution in [-0.2, 0) is 11.2 Å². The maximum Gasteiger partial charge on any atom is 0.323 e. The molecule has 1 aromatic carbocycles. The van der Waals surface area contributed by atoms with E-state index in [1.54, 1.807) is 18.1 Å². The molecule has 2 aromatic rings. The van der Waals surface area contributed by atoms with Crippen molar-refractivity contribution in [3.63, 3.8) is 0 Å². The molecule has 6 nitrogen and oxygen atoms in total. The number of amides is 3. The van der Waals surface area contributed by atoms with E-state index in [2.05, 4.69) is 15.6 Å². The first-order valence-electron chi connectivity index (χ1n) is 8.62. The summed E-state index contributed by atoms with van der Waals surface area (Å²) in [6.45, 7) is 0.963. The minimum atomic E-state index is -0.888. The first-order valence-corrected chi connectivity index (χ1v) is 9.44. The number of nitrogens with one attached hydrogen (secondary N) is 2. The Bertz CT molecular complexity index is 843. The number of anilines is 1. The zero-order valence-corrected chi connectivity index (χ0v) is 15.6. The van der Waals surface area contributed by atoms with E-state index < -0.39 is 11.6 Å². The van der Waals surface area contributed by atoms with Crippen LogP contribution in [0.25, 0.3) is 0 Å². The number of benzene rings is 1. The average molecular weight is 394 g/mol. The van der Waals surface area contributed by atoms with Crippen LogP contribution in [0.1, 0.15) is 23.3 Å². The number of aromatic nitrogens is 1. The Morgan fingerprint density at radius 3 is 2.89 bits per heavy atom. The second kappa shape index (κ2) is 8.43. The molecular formula is C18H20F2N4O2S. The summed E-state index contributed by atoms with van der Waals surface area (Å²) >= 11 is 1.28. The number of carbonyl (C=O) groups excluding carboxylic acids is 2. The Kier molecular flexibility index (Phi) is 6.00. The lowest BCUT2D eigenvalue weighted by Crippen LogP contribution is -2.46. The van der Waals surface area contributed by atoms with E-state index in [1.165, 1.54) is 17.4 Å². The van der Waals surface area contributed by atoms with Gasteiger partial charge in [-0.2, -0.15) is 0 Å². The van der Waals surface area contributed by atoms with Gasteiger partial charge in [0.05, 0.1) is 5.92 Å². The fourth-order valence-corrected chi connectivity index (χ4v) is 3.88. The number of piperidine rings is 1. The molecule has 9 heteroatoms. The standard InChI is InChI=1S/C18H20F2N4O2S/c1-21-16(25)12-3-2-6-24(10-12)18(26)23-17-22-9-13(27-17)7-11-4-5-14(19)15(20)8-11/h4-5,8-9,12H,2-3,6-7,10H2,1H3,(H,21,25)(H,22,23,26)/t12-/m1/s1. The molecule has 0 aliphatic carbocycles. The van der Waals surface area contributed by atoms with Gasteiger partial charge in [-0.1, -0.05) is 6.07 Å². The van der Waals surface area contributed by atoms with E-state index in [0.29, 0.717) is 30.2 Å². The number of rotatable bonds is 4. The Balaban J connectivity index is 1.59. The predicted molar refractivity (Wildman–Crippen MR) is 98.7 cm³/mol. The highest BCUT2D eigenvalue weighted by molar-refractivity contribution is 7.15. The van der Waals surface area contributed by atoms with Crippen molar-refractivity contribution in [2.45, 2.75) is 19.3 Å². The molecular weight excluding hydrogens is 374 g/mol. The van der Waals surface area contributed by atoms with Crippen molar-refractivity contribution in [1.82, 2.24) is 15.2 Å². The SMILES string of the molecule is CNC(=O)[C@@H]1CCCN(C(=O)Nc2ncc(Cc3ccc(F)c(F)c3)s2)C1. The van der Waals surface area contributed by atoms with Crippen LogP contribution in [0.2, 0.25) is 0 Å². The van der Waals surface area contributed by atoms with Crippen LogP contribution in [0, 0.1) is 17.6 Å². The zero-order chi connectivity index (χ0) is 19.4. The molecule has 1 aromatic heterocycles. The van der Waals surface area contributed by atoms with Gasteiger partial charge >= 0.3 is 6.03 Å². The van der Waals surface area contributed by atoms with Gasteiger partial charge in [0, 0.05) is 37.6 Å². The molecule has 1 fully saturated rings. The molecule has 1 aliphatic heterocycles. The van der Waals surface area contributed by atoms with Crippen molar-refractivity contribution < 1.29 is 18.4 Å². The summed E-state index contributed by atoms with van der Waals surface area (Å²) in [7, 11) is 1.59. The Hall–Kier alpha value is -2.55. The molecule has 2 N–H and O–H groups in total. The van der Waals surface area contributed by atoms with Crippen LogP contribution in [-0.4, -0.2) is 42.0 Å². The van der Waals surface area contributed by atoms with Gasteiger partial charge < -0.3 is 10.2 Å². The normalized spacial score (nSPS) is 16.9. The van der Waals surface area contributed by atoms with Crippen LogP contribution in [0.15, 0.2) is 24.4 Å². The van der Waals surface area contributed by atoms with Crippen molar-refractivity contribution in [2.24, 2.45) is 5.92 Å². The van der Waals surface area contributed by atoms with Crippen molar-refractivity contribution >= 4 is 28.4 Å².